The normalized spacial score (nSPS) is 19.3. The van der Waals surface area contributed by atoms with Crippen LogP contribution in [-0.4, -0.2) is 50.1 Å². The molecule has 6 heteroatoms. The second-order valence-corrected chi connectivity index (χ2v) is 7.41. The summed E-state index contributed by atoms with van der Waals surface area (Å²) in [4.78, 5) is 26.4. The van der Waals surface area contributed by atoms with Crippen molar-refractivity contribution in [2.75, 3.05) is 33.4 Å². The van der Waals surface area contributed by atoms with Crippen molar-refractivity contribution < 1.29 is 19.1 Å². The number of amides is 2. The monoisotopic (exact) mass is 386 g/mol. The van der Waals surface area contributed by atoms with Crippen molar-refractivity contribution in [2.24, 2.45) is 5.92 Å². The van der Waals surface area contributed by atoms with Gasteiger partial charge in [-0.2, -0.15) is 0 Å². The van der Waals surface area contributed by atoms with Crippen LogP contribution in [0.4, 0.5) is 0 Å². The lowest BCUT2D eigenvalue weighted by molar-refractivity contribution is -0.129. The molecule has 1 aromatic rings. The molecule has 1 aliphatic heterocycles. The number of allylic oxidation sites excluding steroid dienone is 1. The number of nitrogens with one attached hydrogen (secondary N) is 1. The number of ether oxygens (including phenoxy) is 2. The number of benzene rings is 1. The van der Waals surface area contributed by atoms with Crippen LogP contribution in [0.15, 0.2) is 35.9 Å². The Hall–Kier alpha value is -2.50. The van der Waals surface area contributed by atoms with Gasteiger partial charge in [-0.15, -0.1) is 0 Å². The quantitative estimate of drug-likeness (QED) is 0.523. The average Bonchev–Trinajstić information content (AvgIpc) is 3.11. The van der Waals surface area contributed by atoms with E-state index in [1.54, 1.807) is 7.11 Å². The van der Waals surface area contributed by atoms with Gasteiger partial charge in [0.1, 0.15) is 18.1 Å². The molecule has 1 aromatic carbocycles. The van der Waals surface area contributed by atoms with E-state index >= 15 is 0 Å². The molecule has 152 valence electrons. The average molecular weight is 386 g/mol. The molecule has 2 aliphatic rings. The lowest BCUT2D eigenvalue weighted by Crippen LogP contribution is -2.35. The summed E-state index contributed by atoms with van der Waals surface area (Å²) in [5, 5.41) is 2.89. The first-order chi connectivity index (χ1) is 13.7. The van der Waals surface area contributed by atoms with Crippen molar-refractivity contribution in [1.82, 2.24) is 10.2 Å². The predicted octanol–water partition coefficient (Wildman–Crippen LogP) is 2.93. The van der Waals surface area contributed by atoms with Crippen LogP contribution >= 0.6 is 0 Å². The summed E-state index contributed by atoms with van der Waals surface area (Å²) in [6.45, 7) is 2.06. The summed E-state index contributed by atoms with van der Waals surface area (Å²) in [5.41, 5.74) is 1.46. The van der Waals surface area contributed by atoms with E-state index in [0.717, 1.165) is 37.3 Å². The van der Waals surface area contributed by atoms with Crippen LogP contribution in [0.3, 0.4) is 0 Å². The minimum atomic E-state index is -0.256. The number of nitrogens with zero attached hydrogens (tertiary/aromatic N) is 1. The van der Waals surface area contributed by atoms with Gasteiger partial charge < -0.3 is 19.7 Å². The third-order valence-corrected chi connectivity index (χ3v) is 5.40. The second kappa shape index (κ2) is 10.2. The van der Waals surface area contributed by atoms with Crippen molar-refractivity contribution in [3.8, 4) is 11.5 Å². The molecule has 1 atom stereocenters. The zero-order chi connectivity index (χ0) is 19.8. The fourth-order valence-electron chi connectivity index (χ4n) is 3.73. The Kier molecular flexibility index (Phi) is 7.34. The Balaban J connectivity index is 1.35. The van der Waals surface area contributed by atoms with Crippen molar-refractivity contribution in [1.29, 1.82) is 0 Å². The summed E-state index contributed by atoms with van der Waals surface area (Å²) in [6.07, 6.45) is 8.41. The highest BCUT2D eigenvalue weighted by Gasteiger charge is 2.33. The van der Waals surface area contributed by atoms with E-state index in [1.807, 2.05) is 29.2 Å². The van der Waals surface area contributed by atoms with Crippen molar-refractivity contribution in [2.45, 2.75) is 38.5 Å². The van der Waals surface area contributed by atoms with Gasteiger partial charge in [0.2, 0.25) is 11.8 Å². The molecule has 1 N–H and O–H groups in total. The SMILES string of the molecule is COc1ccc(OCCNC(=O)C2CC(=O)N(CCC3=CCCCC3)C2)cc1. The van der Waals surface area contributed by atoms with Crippen LogP contribution in [0.2, 0.25) is 0 Å². The molecule has 0 saturated carbocycles. The number of hydrogen-bond donors (Lipinski definition) is 1. The third kappa shape index (κ3) is 5.75. The van der Waals surface area contributed by atoms with E-state index in [4.69, 9.17) is 9.47 Å². The predicted molar refractivity (Wildman–Crippen MR) is 107 cm³/mol. The first kappa shape index (κ1) is 20.2. The van der Waals surface area contributed by atoms with Gasteiger partial charge in [0.05, 0.1) is 19.6 Å². The fourth-order valence-corrected chi connectivity index (χ4v) is 3.73. The molecular formula is C22H30N2O4. The Morgan fingerprint density at radius 3 is 2.71 bits per heavy atom. The van der Waals surface area contributed by atoms with Gasteiger partial charge in [0.15, 0.2) is 0 Å². The number of methoxy groups -OCH3 is 1. The van der Waals surface area contributed by atoms with E-state index in [-0.39, 0.29) is 17.7 Å². The maximum atomic E-state index is 12.4. The van der Waals surface area contributed by atoms with Gasteiger partial charge in [-0.25, -0.2) is 0 Å². The maximum absolute atomic E-state index is 12.4. The lowest BCUT2D eigenvalue weighted by Gasteiger charge is -2.19. The molecule has 0 aromatic heterocycles. The molecule has 6 nitrogen and oxygen atoms in total. The molecule has 1 saturated heterocycles. The van der Waals surface area contributed by atoms with Crippen molar-refractivity contribution in [3.05, 3.63) is 35.9 Å². The molecule has 28 heavy (non-hydrogen) atoms. The number of likely N-dealkylation sites (tertiary alicyclic amines) is 1. The van der Waals surface area contributed by atoms with Crippen LogP contribution in [0.25, 0.3) is 0 Å². The van der Waals surface area contributed by atoms with Gasteiger partial charge in [0, 0.05) is 19.5 Å². The van der Waals surface area contributed by atoms with Gasteiger partial charge >= 0.3 is 0 Å². The lowest BCUT2D eigenvalue weighted by atomic mass is 9.97. The molecule has 1 heterocycles. The first-order valence-electron chi connectivity index (χ1n) is 10.2. The number of carbonyl (C=O) groups is 2. The molecular weight excluding hydrogens is 356 g/mol. The van der Waals surface area contributed by atoms with E-state index < -0.39 is 0 Å². The van der Waals surface area contributed by atoms with Crippen molar-refractivity contribution >= 4 is 11.8 Å². The Bertz CT molecular complexity index is 699. The summed E-state index contributed by atoms with van der Waals surface area (Å²) in [6, 6.07) is 7.32. The first-order valence-corrected chi connectivity index (χ1v) is 10.2. The van der Waals surface area contributed by atoms with Crippen molar-refractivity contribution in [3.63, 3.8) is 0 Å². The van der Waals surface area contributed by atoms with Crippen LogP contribution in [0.5, 0.6) is 11.5 Å². The highest BCUT2D eigenvalue weighted by atomic mass is 16.5. The summed E-state index contributed by atoms with van der Waals surface area (Å²) < 4.78 is 10.7. The Labute approximate surface area is 166 Å². The molecule has 1 aliphatic carbocycles. The summed E-state index contributed by atoms with van der Waals surface area (Å²) in [7, 11) is 1.62. The number of hydrogen-bond acceptors (Lipinski definition) is 4. The highest BCUT2D eigenvalue weighted by molar-refractivity contribution is 5.89. The van der Waals surface area contributed by atoms with Gasteiger partial charge in [0.25, 0.3) is 0 Å². The molecule has 2 amide bonds. The highest BCUT2D eigenvalue weighted by Crippen LogP contribution is 2.23. The van der Waals surface area contributed by atoms with Crippen LogP contribution in [0.1, 0.15) is 38.5 Å². The van der Waals surface area contributed by atoms with Gasteiger partial charge in [-0.05, 0) is 56.4 Å². The standard InChI is InChI=1S/C22H30N2O4/c1-27-19-7-9-20(10-8-19)28-14-12-23-22(26)18-15-21(25)24(16-18)13-11-17-5-3-2-4-6-17/h5,7-10,18H,2-4,6,11-16H2,1H3,(H,23,26). The fraction of sp³-hybridized carbons (Fsp3) is 0.545. The van der Waals surface area contributed by atoms with E-state index in [0.29, 0.717) is 26.1 Å². The van der Waals surface area contributed by atoms with E-state index in [9.17, 15) is 9.59 Å². The van der Waals surface area contributed by atoms with Crippen LogP contribution in [-0.2, 0) is 9.59 Å². The number of carbonyl (C=O) groups excluding carboxylic acids is 2. The van der Waals surface area contributed by atoms with Crippen LogP contribution in [0, 0.1) is 5.92 Å². The summed E-state index contributed by atoms with van der Waals surface area (Å²) >= 11 is 0. The molecule has 1 fully saturated rings. The molecule has 0 spiro atoms. The van der Waals surface area contributed by atoms with E-state index in [2.05, 4.69) is 11.4 Å². The minimum absolute atomic E-state index is 0.0638. The van der Waals surface area contributed by atoms with Gasteiger partial charge in [-0.3, -0.25) is 9.59 Å². The third-order valence-electron chi connectivity index (χ3n) is 5.40. The Morgan fingerprint density at radius 2 is 2.00 bits per heavy atom. The van der Waals surface area contributed by atoms with Gasteiger partial charge in [-0.1, -0.05) is 11.6 Å². The topological polar surface area (TPSA) is 67.9 Å². The van der Waals surface area contributed by atoms with Crippen LogP contribution < -0.4 is 14.8 Å². The molecule has 0 bridgehead atoms. The summed E-state index contributed by atoms with van der Waals surface area (Å²) in [5.74, 6) is 1.27. The zero-order valence-electron chi connectivity index (χ0n) is 16.6. The van der Waals surface area contributed by atoms with E-state index in [1.165, 1.54) is 18.4 Å². The largest absolute Gasteiger partial charge is 0.497 e. The minimum Gasteiger partial charge on any atom is -0.497 e. The zero-order valence-corrected chi connectivity index (χ0v) is 16.6. The molecule has 3 rings (SSSR count). The second-order valence-electron chi connectivity index (χ2n) is 7.41. The molecule has 1 unspecified atom stereocenters. The Morgan fingerprint density at radius 1 is 1.21 bits per heavy atom. The number of rotatable bonds is 9. The smallest absolute Gasteiger partial charge is 0.225 e. The molecule has 0 radical (unpaired) electrons. The maximum Gasteiger partial charge on any atom is 0.225 e.